The summed E-state index contributed by atoms with van der Waals surface area (Å²) >= 11 is 1.80. The summed E-state index contributed by atoms with van der Waals surface area (Å²) in [5, 5.41) is 9.00. The second-order valence-electron chi connectivity index (χ2n) is 6.65. The van der Waals surface area contributed by atoms with Crippen molar-refractivity contribution in [3.05, 3.63) is 52.5 Å². The second-order valence-corrected chi connectivity index (χ2v) is 7.63. The van der Waals surface area contributed by atoms with E-state index in [0.29, 0.717) is 17.8 Å². The third-order valence-corrected chi connectivity index (χ3v) is 5.41. The molecule has 0 saturated heterocycles. The van der Waals surface area contributed by atoms with Crippen molar-refractivity contribution in [1.29, 1.82) is 0 Å². The third kappa shape index (κ3) is 6.16. The number of nitrogens with one attached hydrogen (secondary N) is 2. The molecule has 4 nitrogen and oxygen atoms in total. The van der Waals surface area contributed by atoms with Gasteiger partial charge in [-0.25, -0.2) is 0 Å². The van der Waals surface area contributed by atoms with Crippen LogP contribution in [0.1, 0.15) is 50.0 Å². The number of rotatable bonds is 8. The van der Waals surface area contributed by atoms with E-state index in [1.807, 2.05) is 18.5 Å². The summed E-state index contributed by atoms with van der Waals surface area (Å²) in [5.74, 6) is 2.27. The molecule has 5 heteroatoms. The van der Waals surface area contributed by atoms with Crippen molar-refractivity contribution in [3.8, 4) is 0 Å². The van der Waals surface area contributed by atoms with Gasteiger partial charge in [-0.3, -0.25) is 9.98 Å². The van der Waals surface area contributed by atoms with Crippen LogP contribution in [0.3, 0.4) is 0 Å². The van der Waals surface area contributed by atoms with E-state index in [1.54, 1.807) is 11.3 Å². The summed E-state index contributed by atoms with van der Waals surface area (Å²) in [5.41, 5.74) is 1.27. The zero-order valence-corrected chi connectivity index (χ0v) is 16.5. The quantitative estimate of drug-likeness (QED) is 0.548. The first-order valence-electron chi connectivity index (χ1n) is 9.07. The molecule has 2 unspecified atom stereocenters. The van der Waals surface area contributed by atoms with Crippen LogP contribution >= 0.6 is 11.3 Å². The molecule has 0 amide bonds. The molecule has 2 atom stereocenters. The molecule has 0 bridgehead atoms. The van der Waals surface area contributed by atoms with Crippen molar-refractivity contribution in [2.75, 3.05) is 19.6 Å². The van der Waals surface area contributed by atoms with E-state index in [4.69, 9.17) is 4.99 Å². The topological polar surface area (TPSA) is 49.3 Å². The predicted octanol–water partition coefficient (Wildman–Crippen LogP) is 4.24. The highest BCUT2D eigenvalue weighted by Crippen LogP contribution is 2.23. The van der Waals surface area contributed by atoms with E-state index >= 15 is 0 Å². The molecule has 0 aliphatic carbocycles. The lowest BCUT2D eigenvalue weighted by atomic mass is 9.89. The fraction of sp³-hybridized carbons (Fsp3) is 0.500. The van der Waals surface area contributed by atoms with Crippen LogP contribution in [0.4, 0.5) is 0 Å². The first-order chi connectivity index (χ1) is 12.1. The molecule has 2 heterocycles. The maximum absolute atomic E-state index is 4.78. The van der Waals surface area contributed by atoms with Gasteiger partial charge < -0.3 is 10.6 Å². The summed E-state index contributed by atoms with van der Waals surface area (Å²) in [7, 11) is 0. The molecule has 0 aliphatic rings. The number of pyridine rings is 1. The van der Waals surface area contributed by atoms with Crippen LogP contribution in [0.15, 0.2) is 47.0 Å². The Kier molecular flexibility index (Phi) is 7.92. The highest BCUT2D eigenvalue weighted by molar-refractivity contribution is 7.10. The molecule has 0 spiro atoms. The molecular formula is C20H30N4S. The van der Waals surface area contributed by atoms with Gasteiger partial charge >= 0.3 is 0 Å². The molecule has 2 aromatic heterocycles. The minimum atomic E-state index is 0.410. The minimum Gasteiger partial charge on any atom is -0.357 e. The summed E-state index contributed by atoms with van der Waals surface area (Å²) in [6.45, 7) is 11.3. The van der Waals surface area contributed by atoms with Crippen LogP contribution in [0.2, 0.25) is 0 Å². The van der Waals surface area contributed by atoms with Gasteiger partial charge in [0, 0.05) is 42.2 Å². The molecule has 0 radical (unpaired) electrons. The van der Waals surface area contributed by atoms with Gasteiger partial charge in [0.15, 0.2) is 5.96 Å². The van der Waals surface area contributed by atoms with Crippen molar-refractivity contribution in [2.45, 2.75) is 39.5 Å². The zero-order valence-electron chi connectivity index (χ0n) is 15.7. The molecule has 2 N–H and O–H groups in total. The Morgan fingerprint density at radius 2 is 2.04 bits per heavy atom. The number of thiophene rings is 1. The summed E-state index contributed by atoms with van der Waals surface area (Å²) in [4.78, 5) is 10.4. The Labute approximate surface area is 155 Å². The monoisotopic (exact) mass is 358 g/mol. The lowest BCUT2D eigenvalue weighted by Crippen LogP contribution is -2.40. The average molecular weight is 359 g/mol. The fourth-order valence-corrected chi connectivity index (χ4v) is 3.55. The van der Waals surface area contributed by atoms with Gasteiger partial charge in [-0.15, -0.1) is 11.3 Å². The van der Waals surface area contributed by atoms with E-state index in [0.717, 1.165) is 25.6 Å². The van der Waals surface area contributed by atoms with Gasteiger partial charge in [0.1, 0.15) is 0 Å². The van der Waals surface area contributed by atoms with E-state index in [1.165, 1.54) is 10.4 Å². The van der Waals surface area contributed by atoms with E-state index in [-0.39, 0.29) is 0 Å². The number of nitrogens with zero attached hydrogens (tertiary/aromatic N) is 2. The average Bonchev–Trinajstić information content (AvgIpc) is 3.15. The largest absolute Gasteiger partial charge is 0.357 e. The molecule has 0 fully saturated rings. The Morgan fingerprint density at radius 1 is 1.20 bits per heavy atom. The van der Waals surface area contributed by atoms with E-state index in [2.05, 4.69) is 66.9 Å². The molecule has 2 aromatic rings. The van der Waals surface area contributed by atoms with Crippen LogP contribution in [0, 0.1) is 5.92 Å². The van der Waals surface area contributed by atoms with Crippen LogP contribution in [-0.4, -0.2) is 30.6 Å². The van der Waals surface area contributed by atoms with Gasteiger partial charge in [-0.05, 0) is 35.9 Å². The Bertz CT molecular complexity index is 622. The molecule has 136 valence electrons. The number of guanidine groups is 1. The van der Waals surface area contributed by atoms with Crippen LogP contribution in [-0.2, 0) is 0 Å². The molecular weight excluding hydrogens is 328 g/mol. The van der Waals surface area contributed by atoms with Crippen molar-refractivity contribution < 1.29 is 0 Å². The number of hydrogen-bond donors (Lipinski definition) is 2. The van der Waals surface area contributed by atoms with E-state index < -0.39 is 0 Å². The summed E-state index contributed by atoms with van der Waals surface area (Å²) < 4.78 is 0. The maximum Gasteiger partial charge on any atom is 0.191 e. The Hall–Kier alpha value is -1.88. The summed E-state index contributed by atoms with van der Waals surface area (Å²) in [6.07, 6.45) is 3.79. The van der Waals surface area contributed by atoms with E-state index in [9.17, 15) is 0 Å². The zero-order chi connectivity index (χ0) is 18.1. The maximum atomic E-state index is 4.78. The Morgan fingerprint density at radius 3 is 2.64 bits per heavy atom. The van der Waals surface area contributed by atoms with Gasteiger partial charge in [-0.2, -0.15) is 0 Å². The van der Waals surface area contributed by atoms with Crippen molar-refractivity contribution in [3.63, 3.8) is 0 Å². The van der Waals surface area contributed by atoms with Crippen LogP contribution in [0.25, 0.3) is 0 Å². The first kappa shape index (κ1) is 19.4. The lowest BCUT2D eigenvalue weighted by molar-refractivity contribution is 0.486. The van der Waals surface area contributed by atoms with Gasteiger partial charge in [-0.1, -0.05) is 32.9 Å². The SMILES string of the molecule is CCNC(=NCC(C)c1cccs1)NCC(c1cccnc1)C(C)C. The normalized spacial score (nSPS) is 14.4. The highest BCUT2D eigenvalue weighted by atomic mass is 32.1. The van der Waals surface area contributed by atoms with Crippen molar-refractivity contribution in [2.24, 2.45) is 10.9 Å². The second kappa shape index (κ2) is 10.2. The summed E-state index contributed by atoms with van der Waals surface area (Å²) in [6, 6.07) is 8.45. The molecule has 0 aromatic carbocycles. The minimum absolute atomic E-state index is 0.410. The van der Waals surface area contributed by atoms with Gasteiger partial charge in [0.2, 0.25) is 0 Å². The Balaban J connectivity index is 1.98. The predicted molar refractivity (Wildman–Crippen MR) is 109 cm³/mol. The molecule has 0 aliphatic heterocycles. The number of aromatic nitrogens is 1. The molecule has 2 rings (SSSR count). The van der Waals surface area contributed by atoms with Crippen LogP contribution < -0.4 is 10.6 Å². The van der Waals surface area contributed by atoms with Crippen molar-refractivity contribution >= 4 is 17.3 Å². The molecule has 25 heavy (non-hydrogen) atoms. The first-order valence-corrected chi connectivity index (χ1v) is 9.95. The van der Waals surface area contributed by atoms with Gasteiger partial charge in [0.05, 0.1) is 6.54 Å². The number of aliphatic imine (C=N–C) groups is 1. The standard InChI is InChI=1S/C20H30N4S/c1-5-22-20(23-12-16(4)19-9-7-11-25-19)24-14-18(15(2)3)17-8-6-10-21-13-17/h6-11,13,15-16,18H,5,12,14H2,1-4H3,(H2,22,23,24). The van der Waals surface area contributed by atoms with Gasteiger partial charge in [0.25, 0.3) is 0 Å². The third-order valence-electron chi connectivity index (χ3n) is 4.30. The van der Waals surface area contributed by atoms with Crippen LogP contribution in [0.5, 0.6) is 0 Å². The fourth-order valence-electron chi connectivity index (χ4n) is 2.77. The smallest absolute Gasteiger partial charge is 0.191 e. The number of hydrogen-bond acceptors (Lipinski definition) is 3. The van der Waals surface area contributed by atoms with Crippen molar-refractivity contribution in [1.82, 2.24) is 15.6 Å². The lowest BCUT2D eigenvalue weighted by Gasteiger charge is -2.23. The molecule has 0 saturated carbocycles. The highest BCUT2D eigenvalue weighted by Gasteiger charge is 2.16.